The molecule has 3 aromatic heterocycles. The SMILES string of the molecule is CCCCCCC(=O)Nc1cccc(-c2ccnc3c(C(=O)c4cccs4)cnn23)c1. The van der Waals surface area contributed by atoms with E-state index in [-0.39, 0.29) is 11.7 Å². The van der Waals surface area contributed by atoms with E-state index in [0.29, 0.717) is 22.5 Å². The monoisotopic (exact) mass is 432 g/mol. The van der Waals surface area contributed by atoms with Crippen molar-refractivity contribution in [3.63, 3.8) is 0 Å². The zero-order valence-corrected chi connectivity index (χ0v) is 18.2. The van der Waals surface area contributed by atoms with Crippen molar-refractivity contribution >= 4 is 34.4 Å². The summed E-state index contributed by atoms with van der Waals surface area (Å²) in [5, 5.41) is 9.28. The predicted molar refractivity (Wildman–Crippen MR) is 124 cm³/mol. The number of aromatic nitrogens is 3. The van der Waals surface area contributed by atoms with Gasteiger partial charge in [-0.05, 0) is 36.1 Å². The Morgan fingerprint density at radius 1 is 1.10 bits per heavy atom. The quantitative estimate of drug-likeness (QED) is 0.276. The van der Waals surface area contributed by atoms with E-state index in [4.69, 9.17) is 0 Å². The number of anilines is 1. The van der Waals surface area contributed by atoms with Gasteiger partial charge in [0.2, 0.25) is 11.7 Å². The molecular formula is C24H24N4O2S. The van der Waals surface area contributed by atoms with Gasteiger partial charge < -0.3 is 5.32 Å². The lowest BCUT2D eigenvalue weighted by Gasteiger charge is -2.09. The summed E-state index contributed by atoms with van der Waals surface area (Å²) in [6, 6.07) is 13.2. The van der Waals surface area contributed by atoms with Crippen molar-refractivity contribution in [3.8, 4) is 11.3 Å². The molecule has 0 aliphatic carbocycles. The van der Waals surface area contributed by atoms with Crippen LogP contribution in [0.2, 0.25) is 0 Å². The lowest BCUT2D eigenvalue weighted by molar-refractivity contribution is -0.116. The third-order valence-electron chi connectivity index (χ3n) is 5.09. The van der Waals surface area contributed by atoms with Crippen molar-refractivity contribution in [1.82, 2.24) is 14.6 Å². The van der Waals surface area contributed by atoms with Crippen LogP contribution in [0.15, 0.2) is 60.2 Å². The number of carbonyl (C=O) groups is 2. The molecule has 0 spiro atoms. The van der Waals surface area contributed by atoms with Crippen LogP contribution >= 0.6 is 11.3 Å². The Bertz CT molecular complexity index is 1200. The zero-order chi connectivity index (χ0) is 21.6. The molecule has 0 aliphatic heterocycles. The van der Waals surface area contributed by atoms with E-state index in [0.717, 1.165) is 42.6 Å². The van der Waals surface area contributed by atoms with Crippen LogP contribution in [0.1, 0.15) is 54.3 Å². The number of carbonyl (C=O) groups excluding carboxylic acids is 2. The number of nitrogens with zero attached hydrogens (tertiary/aromatic N) is 3. The lowest BCUT2D eigenvalue weighted by atomic mass is 10.1. The molecule has 0 aliphatic rings. The Balaban J connectivity index is 1.57. The zero-order valence-electron chi connectivity index (χ0n) is 17.4. The van der Waals surface area contributed by atoms with E-state index in [1.807, 2.05) is 41.8 Å². The normalized spacial score (nSPS) is 11.0. The van der Waals surface area contributed by atoms with Gasteiger partial charge in [-0.2, -0.15) is 5.10 Å². The number of benzene rings is 1. The molecule has 0 saturated heterocycles. The molecule has 7 heteroatoms. The minimum absolute atomic E-state index is 0.0241. The van der Waals surface area contributed by atoms with Crippen LogP contribution in [0, 0.1) is 0 Å². The lowest BCUT2D eigenvalue weighted by Crippen LogP contribution is -2.11. The van der Waals surface area contributed by atoms with E-state index >= 15 is 0 Å². The maximum absolute atomic E-state index is 12.8. The maximum Gasteiger partial charge on any atom is 0.224 e. The smallest absolute Gasteiger partial charge is 0.224 e. The van der Waals surface area contributed by atoms with Gasteiger partial charge in [0.1, 0.15) is 0 Å². The van der Waals surface area contributed by atoms with Gasteiger partial charge in [-0.25, -0.2) is 9.50 Å². The molecule has 1 N–H and O–H groups in total. The third-order valence-corrected chi connectivity index (χ3v) is 5.96. The Hall–Kier alpha value is -3.32. The highest BCUT2D eigenvalue weighted by Gasteiger charge is 2.18. The highest BCUT2D eigenvalue weighted by atomic mass is 32.1. The number of hydrogen-bond donors (Lipinski definition) is 1. The van der Waals surface area contributed by atoms with Crippen molar-refractivity contribution in [2.45, 2.75) is 39.0 Å². The highest BCUT2D eigenvalue weighted by molar-refractivity contribution is 7.12. The molecule has 158 valence electrons. The van der Waals surface area contributed by atoms with Crippen LogP contribution in [0.5, 0.6) is 0 Å². The topological polar surface area (TPSA) is 76.4 Å². The second-order valence-electron chi connectivity index (χ2n) is 7.37. The van der Waals surface area contributed by atoms with Gasteiger partial charge in [0.15, 0.2) is 5.65 Å². The summed E-state index contributed by atoms with van der Waals surface area (Å²) in [6.07, 6.45) is 8.05. The molecule has 4 aromatic rings. The van der Waals surface area contributed by atoms with Crippen LogP contribution in [0.25, 0.3) is 16.9 Å². The fraction of sp³-hybridized carbons (Fsp3) is 0.250. The number of rotatable bonds is 9. The molecule has 31 heavy (non-hydrogen) atoms. The molecule has 1 amide bonds. The largest absolute Gasteiger partial charge is 0.326 e. The molecular weight excluding hydrogens is 408 g/mol. The molecule has 4 rings (SSSR count). The van der Waals surface area contributed by atoms with Crippen LogP contribution < -0.4 is 5.32 Å². The first-order chi connectivity index (χ1) is 15.2. The number of thiophene rings is 1. The Labute approximate surface area is 185 Å². The third kappa shape index (κ3) is 4.72. The summed E-state index contributed by atoms with van der Waals surface area (Å²) < 4.78 is 1.67. The van der Waals surface area contributed by atoms with E-state index in [1.165, 1.54) is 11.3 Å². The second kappa shape index (κ2) is 9.66. The summed E-state index contributed by atoms with van der Waals surface area (Å²) >= 11 is 1.40. The Kier molecular flexibility index (Phi) is 6.52. The van der Waals surface area contributed by atoms with Crippen LogP contribution in [-0.4, -0.2) is 26.3 Å². The first kappa shape index (κ1) is 20.9. The van der Waals surface area contributed by atoms with Crippen LogP contribution in [-0.2, 0) is 4.79 Å². The first-order valence-corrected chi connectivity index (χ1v) is 11.4. The van der Waals surface area contributed by atoms with Crippen molar-refractivity contribution in [2.75, 3.05) is 5.32 Å². The van der Waals surface area contributed by atoms with E-state index in [1.54, 1.807) is 23.0 Å². The average molecular weight is 433 g/mol. The molecule has 6 nitrogen and oxygen atoms in total. The summed E-state index contributed by atoms with van der Waals surface area (Å²) in [4.78, 5) is 30.1. The van der Waals surface area contributed by atoms with E-state index in [9.17, 15) is 9.59 Å². The van der Waals surface area contributed by atoms with Gasteiger partial charge in [-0.1, -0.05) is 44.4 Å². The molecule has 0 atom stereocenters. The molecule has 0 fully saturated rings. The number of amides is 1. The number of fused-ring (bicyclic) bond motifs is 1. The van der Waals surface area contributed by atoms with Crippen LogP contribution in [0.4, 0.5) is 5.69 Å². The summed E-state index contributed by atoms with van der Waals surface area (Å²) in [5.41, 5.74) is 3.41. The van der Waals surface area contributed by atoms with Gasteiger partial charge >= 0.3 is 0 Å². The summed E-state index contributed by atoms with van der Waals surface area (Å²) in [7, 11) is 0. The molecule has 1 aromatic carbocycles. The Morgan fingerprint density at radius 2 is 2.00 bits per heavy atom. The maximum atomic E-state index is 12.8. The van der Waals surface area contributed by atoms with E-state index in [2.05, 4.69) is 22.3 Å². The van der Waals surface area contributed by atoms with Crippen molar-refractivity contribution in [1.29, 1.82) is 0 Å². The highest BCUT2D eigenvalue weighted by Crippen LogP contribution is 2.25. The van der Waals surface area contributed by atoms with Gasteiger partial charge in [0, 0.05) is 23.9 Å². The molecule has 3 heterocycles. The standard InChI is InChI=1S/C24H24N4O2S/c1-2-3-4-5-11-22(29)27-18-9-6-8-17(15-18)20-12-13-25-24-19(16-26-28(20)24)23(30)21-10-7-14-31-21/h6-10,12-16H,2-5,11H2,1H3,(H,27,29). The van der Waals surface area contributed by atoms with Crippen molar-refractivity contribution in [2.24, 2.45) is 0 Å². The summed E-state index contributed by atoms with van der Waals surface area (Å²) in [6.45, 7) is 2.16. The van der Waals surface area contributed by atoms with Gasteiger partial charge in [0.05, 0.1) is 22.3 Å². The molecule has 0 bridgehead atoms. The van der Waals surface area contributed by atoms with Crippen LogP contribution in [0.3, 0.4) is 0 Å². The minimum atomic E-state index is -0.0845. The predicted octanol–water partition coefficient (Wildman–Crippen LogP) is 5.60. The van der Waals surface area contributed by atoms with Gasteiger partial charge in [0.25, 0.3) is 0 Å². The Morgan fingerprint density at radius 3 is 2.81 bits per heavy atom. The first-order valence-electron chi connectivity index (χ1n) is 10.5. The molecule has 0 unspecified atom stereocenters. The minimum Gasteiger partial charge on any atom is -0.326 e. The number of unbranched alkanes of at least 4 members (excludes halogenated alkanes) is 3. The van der Waals surface area contributed by atoms with E-state index < -0.39 is 0 Å². The fourth-order valence-corrected chi connectivity index (χ4v) is 4.18. The number of ketones is 1. The van der Waals surface area contributed by atoms with Crippen molar-refractivity contribution < 1.29 is 9.59 Å². The van der Waals surface area contributed by atoms with Gasteiger partial charge in [-0.3, -0.25) is 9.59 Å². The molecule has 0 saturated carbocycles. The summed E-state index contributed by atoms with van der Waals surface area (Å²) in [5.74, 6) is -0.0604. The average Bonchev–Trinajstić information content (AvgIpc) is 3.46. The molecule has 0 radical (unpaired) electrons. The number of hydrogen-bond acceptors (Lipinski definition) is 5. The number of nitrogens with one attached hydrogen (secondary N) is 1. The fourth-order valence-electron chi connectivity index (χ4n) is 3.50. The van der Waals surface area contributed by atoms with Crippen molar-refractivity contribution in [3.05, 3.63) is 70.7 Å². The second-order valence-corrected chi connectivity index (χ2v) is 8.32. The van der Waals surface area contributed by atoms with Gasteiger partial charge in [-0.15, -0.1) is 11.3 Å².